The van der Waals surface area contributed by atoms with Crippen molar-refractivity contribution in [3.63, 3.8) is 0 Å². The molecule has 24 N–H and O–H groups in total. The smallest absolute Gasteiger partial charge is 0.330 e. The molecule has 1 aromatic heterocycles. The van der Waals surface area contributed by atoms with Crippen molar-refractivity contribution in [1.82, 2.24) is 42.5 Å². The number of carboxylic acid groups (broad SMARTS) is 1. The number of nitrogens with two attached hydrogens (primary N) is 2. The molecule has 39 nitrogen and oxygen atoms in total. The minimum Gasteiger partial charge on any atom is -0.508 e. The number of anilines is 1. The first-order chi connectivity index (χ1) is 60.2. The van der Waals surface area contributed by atoms with Crippen molar-refractivity contribution in [1.29, 1.82) is 0 Å². The lowest BCUT2D eigenvalue weighted by Crippen LogP contribution is -2.65. The van der Waals surface area contributed by atoms with Gasteiger partial charge in [-0.3, -0.25) is 33.6 Å². The Labute approximate surface area is 739 Å². The summed E-state index contributed by atoms with van der Waals surface area (Å²) in [5.41, 5.74) is 10.0. The number of nitrogens with one attached hydrogen (secondary N) is 8. The highest BCUT2D eigenvalue weighted by Gasteiger charge is 2.53. The predicted molar refractivity (Wildman–Crippen MR) is 451 cm³/mol. The number of aliphatic carboxylic acids is 1. The normalized spacial score (nSPS) is 29.5. The molecule has 0 saturated carbocycles. The number of aromatic hydroxyl groups is 3. The van der Waals surface area contributed by atoms with Gasteiger partial charge in [0, 0.05) is 77.3 Å². The first-order valence-corrected chi connectivity index (χ1v) is 42.0. The summed E-state index contributed by atoms with van der Waals surface area (Å²) >= 11 is 16.0. The second kappa shape index (κ2) is 39.1. The largest absolute Gasteiger partial charge is 0.508 e. The number of primary amides is 1. The van der Waals surface area contributed by atoms with Crippen LogP contribution in [-0.2, 0) is 68.6 Å². The van der Waals surface area contributed by atoms with Crippen molar-refractivity contribution in [3.05, 3.63) is 158 Å². The molecule has 682 valence electrons. The molecule has 42 heteroatoms. The standard InChI is InChI=1S/C85H99Cl2N11O28S/c1-33(2)20-47(90-5)76(111)96-64-66(104)37-11-17-51(45(86)22-37)120-53-24-39-25-54(73(53)125-84-71(109)69(107)74(56(32-99)123-84)126-83-70(108)68(106)67(105)55(122-83)31-91-30-42-15-19-57(127-42)35-8-13-40(14-9-35)98(6)7)121-52-18-12-38(23-46(52)87)72(124-59-29-85(4,89)75(110)34(3)119-59)65-81(116)95-63(82(117)118)44-26-41(100)27-50(102)60(44)43-21-36(10-16-49(43)101)61(78(113)97-65)94-79(114)62(39)93-77(112)48(28-58(88)103)92-80(64)115/h8-19,21-27,33-34,47-48,55-56,59,61-72,74-75,83-84,90-91,99-102,104-110H,20,28-32,89H2,1-7H3,(H2,88,103)(H,92,115)(H,93,112)(H,94,114)(H,95,116)(H,96,111)(H,97,113)(H,117,118)/t34-,47+,48?,55+,56+,59?,61?,62+,63?,64?,65-,66+,67-,68-,69+,70+,71+,72+,74+,75-,83-,84-,85-/m0/s1. The van der Waals surface area contributed by atoms with Gasteiger partial charge >= 0.3 is 5.97 Å². The van der Waals surface area contributed by atoms with Gasteiger partial charge < -0.3 is 158 Å². The summed E-state index contributed by atoms with van der Waals surface area (Å²) in [5.74, 6) is -16.6. The van der Waals surface area contributed by atoms with Crippen LogP contribution in [0.2, 0.25) is 10.0 Å². The Morgan fingerprint density at radius 2 is 1.30 bits per heavy atom. The van der Waals surface area contributed by atoms with Gasteiger partial charge in [-0.2, -0.15) is 0 Å². The predicted octanol–water partition coefficient (Wildman–Crippen LogP) is 1.52. The average Bonchev–Trinajstić information content (AvgIpc) is 1.08. The molecule has 0 spiro atoms. The fraction of sp³-hybridized carbons (Fsp3) is 0.435. The van der Waals surface area contributed by atoms with Gasteiger partial charge in [-0.1, -0.05) is 67.4 Å². The second-order valence-electron chi connectivity index (χ2n) is 32.7. The molecule has 7 amide bonds. The number of aliphatic hydroxyl groups excluding tert-OH is 8. The van der Waals surface area contributed by atoms with E-state index in [1.165, 1.54) is 44.4 Å². The number of carbonyl (C=O) groups is 8. The van der Waals surface area contributed by atoms with Gasteiger partial charge in [0.05, 0.1) is 41.3 Å². The number of fused-ring (bicyclic) bond motifs is 15. The van der Waals surface area contributed by atoms with Crippen LogP contribution in [0.5, 0.6) is 46.0 Å². The van der Waals surface area contributed by atoms with Gasteiger partial charge in [0.25, 0.3) is 0 Å². The van der Waals surface area contributed by atoms with Crippen molar-refractivity contribution in [2.75, 3.05) is 39.2 Å². The van der Waals surface area contributed by atoms with Crippen molar-refractivity contribution >= 4 is 87.5 Å². The van der Waals surface area contributed by atoms with E-state index in [2.05, 4.69) is 42.5 Å². The third-order valence-corrected chi connectivity index (χ3v) is 24.4. The second-order valence-corrected chi connectivity index (χ2v) is 34.7. The number of hydrogen-bond acceptors (Lipinski definition) is 32. The highest BCUT2D eigenvalue weighted by molar-refractivity contribution is 7.15. The molecule has 0 radical (unpaired) electrons. The Bertz CT molecular complexity index is 5290. The number of phenols is 3. The summed E-state index contributed by atoms with van der Waals surface area (Å²) in [5, 5.41) is 160. The van der Waals surface area contributed by atoms with E-state index in [-0.39, 0.29) is 48.5 Å². The fourth-order valence-electron chi connectivity index (χ4n) is 15.9. The van der Waals surface area contributed by atoms with Gasteiger partial charge in [-0.15, -0.1) is 11.3 Å². The zero-order chi connectivity index (χ0) is 91.8. The molecule has 11 bridgehead atoms. The number of nitrogens with zero attached hydrogens (tertiary/aromatic N) is 1. The summed E-state index contributed by atoms with van der Waals surface area (Å²) < 4.78 is 51.4. The average molecular weight is 1830 g/mol. The number of likely N-dealkylation sites (N-methyl/N-ethyl adjacent to an activating group) is 1. The summed E-state index contributed by atoms with van der Waals surface area (Å²) in [7, 11) is 5.32. The zero-order valence-electron chi connectivity index (χ0n) is 69.2. The lowest BCUT2D eigenvalue weighted by atomic mass is 9.86. The van der Waals surface area contributed by atoms with E-state index in [4.69, 9.17) is 72.6 Å². The highest BCUT2D eigenvalue weighted by Crippen LogP contribution is 2.51. The van der Waals surface area contributed by atoms with Gasteiger partial charge in [0.15, 0.2) is 30.1 Å². The van der Waals surface area contributed by atoms with Gasteiger partial charge in [-0.25, -0.2) is 4.79 Å². The number of phenolic OH excluding ortho intramolecular Hbond substituents is 3. The van der Waals surface area contributed by atoms with Gasteiger partial charge in [0.2, 0.25) is 53.4 Å². The monoisotopic (exact) mass is 1820 g/mol. The molecule has 15 rings (SSSR count). The summed E-state index contributed by atoms with van der Waals surface area (Å²) in [6, 6.07) is 10.9. The van der Waals surface area contributed by atoms with E-state index >= 15 is 24.0 Å². The Kier molecular flexibility index (Phi) is 28.9. The number of hydrogen-bond donors (Lipinski definition) is 22. The van der Waals surface area contributed by atoms with Crippen molar-refractivity contribution < 1.29 is 138 Å². The highest BCUT2D eigenvalue weighted by atomic mass is 35.5. The van der Waals surface area contributed by atoms with Crippen molar-refractivity contribution in [2.24, 2.45) is 17.4 Å². The van der Waals surface area contributed by atoms with Crippen LogP contribution in [-0.4, -0.2) is 253 Å². The number of ether oxygens (including phenoxy) is 8. The molecule has 3 fully saturated rings. The maximum atomic E-state index is 16.5. The topological polar surface area (TPSA) is 605 Å². The lowest BCUT2D eigenvalue weighted by molar-refractivity contribution is -0.350. The summed E-state index contributed by atoms with van der Waals surface area (Å²) in [6.07, 6.45) is -29.0. The molecule has 0 aliphatic carbocycles. The molecule has 5 unspecified atom stereocenters. The molecule has 8 aliphatic heterocycles. The van der Waals surface area contributed by atoms with Gasteiger partial charge in [0.1, 0.15) is 120 Å². The maximum absolute atomic E-state index is 16.5. The van der Waals surface area contributed by atoms with E-state index in [9.17, 15) is 75.7 Å². The Balaban J connectivity index is 0.957. The van der Waals surface area contributed by atoms with E-state index in [0.29, 0.717) is 0 Å². The first-order valence-electron chi connectivity index (χ1n) is 40.4. The zero-order valence-corrected chi connectivity index (χ0v) is 71.5. The van der Waals surface area contributed by atoms with Crippen LogP contribution in [0.3, 0.4) is 0 Å². The summed E-state index contributed by atoms with van der Waals surface area (Å²) in [6.45, 7) is 5.53. The van der Waals surface area contributed by atoms with E-state index in [1.54, 1.807) is 0 Å². The number of benzene rings is 6. The number of rotatable bonds is 21. The number of amides is 7. The Morgan fingerprint density at radius 3 is 1.93 bits per heavy atom. The van der Waals surface area contributed by atoms with Crippen LogP contribution < -0.4 is 73.1 Å². The number of thiophene rings is 1. The molecular weight excluding hydrogens is 1730 g/mol. The van der Waals surface area contributed by atoms with E-state index in [1.807, 2.05) is 69.2 Å². The van der Waals surface area contributed by atoms with Crippen LogP contribution in [0.25, 0.3) is 21.6 Å². The third kappa shape index (κ3) is 20.6. The van der Waals surface area contributed by atoms with Crippen molar-refractivity contribution in [2.45, 2.75) is 193 Å². The van der Waals surface area contributed by atoms with Gasteiger partial charge in [-0.05, 0) is 140 Å². The van der Waals surface area contributed by atoms with Crippen molar-refractivity contribution in [3.8, 4) is 67.6 Å². The maximum Gasteiger partial charge on any atom is 0.330 e. The molecule has 3 saturated heterocycles. The minimum absolute atomic E-state index is 0.129. The molecule has 127 heavy (non-hydrogen) atoms. The number of aliphatic hydroxyl groups is 8. The fourth-order valence-corrected chi connectivity index (χ4v) is 17.3. The van der Waals surface area contributed by atoms with Crippen LogP contribution >= 0.6 is 34.5 Å². The number of carboxylic acids is 1. The number of halogens is 2. The van der Waals surface area contributed by atoms with Crippen LogP contribution in [0.4, 0.5) is 5.69 Å². The quantitative estimate of drug-likeness (QED) is 0.0485. The molecule has 9 heterocycles. The minimum atomic E-state index is -2.42. The van der Waals surface area contributed by atoms with Crippen LogP contribution in [0.1, 0.15) is 110 Å². The third-order valence-electron chi connectivity index (χ3n) is 22.7. The molecule has 6 aromatic carbocycles. The summed E-state index contributed by atoms with van der Waals surface area (Å²) in [4.78, 5) is 124. The lowest BCUT2D eigenvalue weighted by Gasteiger charge is -2.46. The molecular formula is C85H99Cl2N11O28S. The van der Waals surface area contributed by atoms with E-state index < -0.39 is 279 Å². The Hall–Kier alpha value is -10.7. The molecule has 7 aromatic rings. The van der Waals surface area contributed by atoms with Crippen LogP contribution in [0.15, 0.2) is 115 Å². The first kappa shape index (κ1) is 93.9. The molecule has 8 aliphatic rings. The molecule has 23 atom stereocenters. The Morgan fingerprint density at radius 1 is 0.669 bits per heavy atom. The number of carbonyl (C=O) groups excluding carboxylic acids is 7. The van der Waals surface area contributed by atoms with E-state index in [0.717, 1.165) is 87.7 Å². The van der Waals surface area contributed by atoms with Crippen LogP contribution in [0, 0.1) is 5.92 Å². The SMILES string of the molecule is CN[C@H](CC(C)C)C(=O)NC1C(=O)NC(CC(N)=O)C(=O)N[C@H]2C(=O)NC3C(=O)N[C@H](C(=O)NC(C(=O)O)c4cc(O)cc(O)c4-c4cc3ccc4O)[C@H](OC3C[C@](C)(N)[C@@H](O)[C@H](C)O3)c3ccc(c(Cl)c3)Oc3cc2cc(c3O[C@@H]2O[C@H](CO)[C@@H](O[C@@H]3O[C@H](CNCc4ccc(-c5ccc(N(C)C)cc5)s4)[C@H](O)[C@H](O)[C@H]3O)[C@H](O)[C@H]2O)Oc2ccc(cc2Cl)[C@H]1O.